The molecule has 0 saturated carbocycles. The monoisotopic (exact) mass is 526 g/mol. The normalized spacial score (nSPS) is 22.6. The lowest BCUT2D eigenvalue weighted by Gasteiger charge is -2.24. The molecular weight excluding hydrogens is 503 g/mol. The summed E-state index contributed by atoms with van der Waals surface area (Å²) in [6, 6.07) is 7.31. The van der Waals surface area contributed by atoms with Crippen molar-refractivity contribution in [2.75, 3.05) is 19.5 Å². The minimum atomic E-state index is -4.09. The molecule has 4 N–H and O–H groups in total. The lowest BCUT2D eigenvalue weighted by atomic mass is 10.2. The quantitative estimate of drug-likeness (QED) is 0.211. The number of esters is 1. The molecule has 1 saturated heterocycles. The molecule has 1 aromatic carbocycles. The third-order valence-corrected chi connectivity index (χ3v) is 7.03. The van der Waals surface area contributed by atoms with Gasteiger partial charge >= 0.3 is 13.7 Å². The number of carbonyl (C=O) groups is 1. The van der Waals surface area contributed by atoms with Crippen LogP contribution < -0.4 is 15.3 Å². The largest absolute Gasteiger partial charge is 0.468 e. The molecule has 4 rings (SSSR count). The molecule has 188 valence electrons. The molecule has 0 bridgehead atoms. The predicted octanol–water partition coefficient (Wildman–Crippen LogP) is 2.07. The van der Waals surface area contributed by atoms with Gasteiger partial charge in [-0.25, -0.2) is 9.55 Å². The Kier molecular flexibility index (Phi) is 7.55. The molecular formula is C20H24ClN6O7P. The van der Waals surface area contributed by atoms with E-state index in [4.69, 9.17) is 31.1 Å². The first-order chi connectivity index (χ1) is 16.7. The molecule has 0 radical (unpaired) electrons. The van der Waals surface area contributed by atoms with Gasteiger partial charge in [0.25, 0.3) is 0 Å². The van der Waals surface area contributed by atoms with Crippen molar-refractivity contribution >= 4 is 42.3 Å². The number of aliphatic hydroxyl groups excluding tert-OH is 1. The number of nitrogens with one attached hydrogen (secondary N) is 1. The van der Waals surface area contributed by atoms with Crippen LogP contribution in [-0.2, 0) is 23.4 Å². The third-order valence-electron chi connectivity index (χ3n) is 5.22. The fraction of sp³-hybridized carbons (Fsp3) is 0.400. The smallest absolute Gasteiger partial charge is 0.459 e. The number of methoxy groups -OCH3 is 1. The van der Waals surface area contributed by atoms with E-state index in [2.05, 4.69) is 24.8 Å². The Morgan fingerprint density at radius 3 is 2.86 bits per heavy atom. The highest BCUT2D eigenvalue weighted by Crippen LogP contribution is 2.46. The average molecular weight is 527 g/mol. The van der Waals surface area contributed by atoms with Crippen LogP contribution in [0.1, 0.15) is 19.6 Å². The summed E-state index contributed by atoms with van der Waals surface area (Å²) in [5.41, 5.74) is 6.53. The molecule has 3 aromatic rings. The minimum Gasteiger partial charge on any atom is -0.468 e. The van der Waals surface area contributed by atoms with Gasteiger partial charge in [0, 0.05) is 6.42 Å². The third kappa shape index (κ3) is 5.72. The van der Waals surface area contributed by atoms with Crippen LogP contribution >= 0.6 is 19.3 Å². The topological polar surface area (TPSA) is 173 Å². The van der Waals surface area contributed by atoms with Crippen molar-refractivity contribution in [1.82, 2.24) is 24.6 Å². The Morgan fingerprint density at radius 1 is 1.40 bits per heavy atom. The second-order valence-electron chi connectivity index (χ2n) is 7.71. The van der Waals surface area contributed by atoms with Crippen LogP contribution in [0.15, 0.2) is 36.7 Å². The van der Waals surface area contributed by atoms with E-state index in [0.717, 1.165) is 0 Å². The fourth-order valence-corrected chi connectivity index (χ4v) is 5.18. The SMILES string of the molecule is COC(=O)[C@@H](C)NP(=O)(OC[C@H]1O[C@@H](n2cnc3c(N)nc(Cl)nc32)C[C@@H]1O)Oc1ccccc1. The number of benzene rings is 1. The number of hydrogen-bond donors (Lipinski definition) is 3. The van der Waals surface area contributed by atoms with E-state index in [-0.39, 0.29) is 29.9 Å². The maximum atomic E-state index is 13.5. The first-order valence-corrected chi connectivity index (χ1v) is 12.4. The molecule has 1 unspecified atom stereocenters. The highest BCUT2D eigenvalue weighted by molar-refractivity contribution is 7.52. The molecule has 0 aliphatic carbocycles. The number of halogens is 1. The zero-order valence-corrected chi connectivity index (χ0v) is 20.4. The lowest BCUT2D eigenvalue weighted by molar-refractivity contribution is -0.142. The van der Waals surface area contributed by atoms with E-state index in [1.807, 2.05) is 0 Å². The highest BCUT2D eigenvalue weighted by Gasteiger charge is 2.39. The Hall–Kier alpha value is -2.80. The maximum Gasteiger partial charge on any atom is 0.459 e. The highest BCUT2D eigenvalue weighted by atomic mass is 35.5. The van der Waals surface area contributed by atoms with Crippen molar-refractivity contribution in [3.05, 3.63) is 41.9 Å². The second-order valence-corrected chi connectivity index (χ2v) is 9.74. The number of ether oxygens (including phenoxy) is 2. The van der Waals surface area contributed by atoms with Gasteiger partial charge in [-0.1, -0.05) is 18.2 Å². The Balaban J connectivity index is 1.49. The number of para-hydroxylation sites is 1. The Morgan fingerprint density at radius 2 is 2.14 bits per heavy atom. The summed E-state index contributed by atoms with van der Waals surface area (Å²) in [6.45, 7) is 1.14. The number of nitrogen functional groups attached to an aromatic ring is 1. The van der Waals surface area contributed by atoms with Crippen LogP contribution in [0, 0.1) is 0 Å². The Bertz CT molecular complexity index is 1250. The van der Waals surface area contributed by atoms with E-state index in [9.17, 15) is 14.5 Å². The summed E-state index contributed by atoms with van der Waals surface area (Å²) in [5, 5.41) is 13.1. The van der Waals surface area contributed by atoms with Crippen molar-refractivity contribution in [3.8, 4) is 5.75 Å². The van der Waals surface area contributed by atoms with Crippen LogP contribution in [0.25, 0.3) is 11.2 Å². The summed E-state index contributed by atoms with van der Waals surface area (Å²) in [5.74, 6) is -0.290. The lowest BCUT2D eigenvalue weighted by Crippen LogP contribution is -2.36. The molecule has 13 nitrogen and oxygen atoms in total. The van der Waals surface area contributed by atoms with Gasteiger partial charge in [0.2, 0.25) is 5.28 Å². The number of nitrogens with zero attached hydrogens (tertiary/aromatic N) is 4. The number of aromatic nitrogens is 4. The number of fused-ring (bicyclic) bond motifs is 1. The summed E-state index contributed by atoms with van der Waals surface area (Å²) in [6.07, 6.45) is -0.914. The number of nitrogens with two attached hydrogens (primary N) is 1. The van der Waals surface area contributed by atoms with Gasteiger partial charge < -0.3 is 24.8 Å². The molecule has 3 heterocycles. The molecule has 0 amide bonds. The number of hydrogen-bond acceptors (Lipinski definition) is 11. The summed E-state index contributed by atoms with van der Waals surface area (Å²) >= 11 is 5.92. The zero-order valence-electron chi connectivity index (χ0n) is 18.8. The molecule has 35 heavy (non-hydrogen) atoms. The van der Waals surface area contributed by atoms with Gasteiger partial charge in [0.15, 0.2) is 11.5 Å². The number of imidazole rings is 1. The van der Waals surface area contributed by atoms with Gasteiger partial charge in [0.1, 0.15) is 29.6 Å². The predicted molar refractivity (Wildman–Crippen MR) is 125 cm³/mol. The van der Waals surface area contributed by atoms with Crippen molar-refractivity contribution in [3.63, 3.8) is 0 Å². The number of carbonyl (C=O) groups excluding carboxylic acids is 1. The second kappa shape index (κ2) is 10.4. The fourth-order valence-electron chi connectivity index (χ4n) is 3.51. The van der Waals surface area contributed by atoms with E-state index in [0.29, 0.717) is 11.2 Å². The van der Waals surface area contributed by atoms with E-state index in [1.54, 1.807) is 34.9 Å². The molecule has 5 atom stereocenters. The molecule has 0 spiro atoms. The van der Waals surface area contributed by atoms with Crippen LogP contribution in [0.5, 0.6) is 5.75 Å². The molecule has 1 aliphatic heterocycles. The van der Waals surface area contributed by atoms with E-state index in [1.165, 1.54) is 20.4 Å². The number of rotatable bonds is 9. The number of anilines is 1. The van der Waals surface area contributed by atoms with E-state index < -0.39 is 38.2 Å². The summed E-state index contributed by atoms with van der Waals surface area (Å²) in [7, 11) is -2.88. The van der Waals surface area contributed by atoms with Crippen LogP contribution in [0.3, 0.4) is 0 Å². The van der Waals surface area contributed by atoms with Crippen LogP contribution in [-0.4, -0.2) is 62.6 Å². The minimum absolute atomic E-state index is 0.0556. The van der Waals surface area contributed by atoms with Gasteiger partial charge in [0.05, 0.1) is 26.1 Å². The molecule has 2 aromatic heterocycles. The van der Waals surface area contributed by atoms with Crippen molar-refractivity contribution in [1.29, 1.82) is 0 Å². The first kappa shape index (κ1) is 25.3. The van der Waals surface area contributed by atoms with Gasteiger partial charge in [-0.05, 0) is 30.7 Å². The Labute approximate surface area is 205 Å². The van der Waals surface area contributed by atoms with Gasteiger partial charge in [-0.3, -0.25) is 13.9 Å². The molecule has 1 aliphatic rings. The van der Waals surface area contributed by atoms with E-state index >= 15 is 0 Å². The van der Waals surface area contributed by atoms with Crippen molar-refractivity contribution < 1.29 is 33.0 Å². The van der Waals surface area contributed by atoms with Crippen molar-refractivity contribution in [2.45, 2.75) is 37.8 Å². The standard InChI is InChI=1S/C20H24ClN6O7P/c1-11(19(29)31-2)26-35(30,34-12-6-4-3-5-7-12)32-9-14-13(28)8-15(33-14)27-10-23-16-17(22)24-20(21)25-18(16)27/h3-7,10-11,13-15,28H,8-9H2,1-2H3,(H,26,30)(H2,22,24,25)/t11-,13+,14-,15-,35?/m1/s1. The van der Waals surface area contributed by atoms with Gasteiger partial charge in [-0.2, -0.15) is 15.1 Å². The van der Waals surface area contributed by atoms with Crippen molar-refractivity contribution in [2.24, 2.45) is 0 Å². The van der Waals surface area contributed by atoms with Crippen LogP contribution in [0.2, 0.25) is 5.28 Å². The molecule has 1 fully saturated rings. The zero-order chi connectivity index (χ0) is 25.2. The summed E-state index contributed by atoms with van der Waals surface area (Å²) in [4.78, 5) is 24.1. The van der Waals surface area contributed by atoms with Gasteiger partial charge in [-0.15, -0.1) is 0 Å². The first-order valence-electron chi connectivity index (χ1n) is 10.5. The maximum absolute atomic E-state index is 13.5. The number of aliphatic hydroxyl groups is 1. The summed E-state index contributed by atoms with van der Waals surface area (Å²) < 4.78 is 36.8. The van der Waals surface area contributed by atoms with Crippen LogP contribution in [0.4, 0.5) is 5.82 Å². The molecule has 15 heteroatoms. The average Bonchev–Trinajstić information content (AvgIpc) is 3.41.